The molecule has 1 aliphatic rings. The second kappa shape index (κ2) is 7.14. The number of carbonyl (C=O) groups is 1. The summed E-state index contributed by atoms with van der Waals surface area (Å²) in [5.74, 6) is 1.89. The monoisotopic (exact) mass is 340 g/mol. The van der Waals surface area contributed by atoms with E-state index in [1.165, 1.54) is 0 Å². The van der Waals surface area contributed by atoms with Crippen molar-refractivity contribution in [2.45, 2.75) is 24.0 Å². The molecular weight excluding hydrogens is 320 g/mol. The molecule has 1 aromatic heterocycles. The van der Waals surface area contributed by atoms with Crippen LogP contribution in [0.4, 0.5) is 0 Å². The predicted molar refractivity (Wildman–Crippen MR) is 94.8 cm³/mol. The van der Waals surface area contributed by atoms with Gasteiger partial charge in [0, 0.05) is 13.1 Å². The van der Waals surface area contributed by atoms with Gasteiger partial charge < -0.3 is 9.32 Å². The van der Waals surface area contributed by atoms with E-state index >= 15 is 0 Å². The Morgan fingerprint density at radius 2 is 1.96 bits per heavy atom. The molecule has 3 rings (SSSR count). The highest BCUT2D eigenvalue weighted by Gasteiger charge is 2.38. The van der Waals surface area contributed by atoms with Gasteiger partial charge in [-0.05, 0) is 36.8 Å². The Bertz CT molecular complexity index is 740. The van der Waals surface area contributed by atoms with Gasteiger partial charge in [0.15, 0.2) is 5.76 Å². The zero-order valence-electron chi connectivity index (χ0n) is 13.7. The molecule has 1 aliphatic heterocycles. The summed E-state index contributed by atoms with van der Waals surface area (Å²) in [7, 11) is 0. The number of furan rings is 1. The molecule has 0 spiro atoms. The molecule has 0 unspecified atom stereocenters. The number of amides is 1. The Balaban J connectivity index is 1.70. The maximum Gasteiger partial charge on any atom is 0.289 e. The third-order valence-electron chi connectivity index (χ3n) is 4.60. The highest BCUT2D eigenvalue weighted by atomic mass is 32.2. The molecule has 0 saturated carbocycles. The predicted octanol–water partition coefficient (Wildman–Crippen LogP) is 3.84. The molecule has 5 heteroatoms. The van der Waals surface area contributed by atoms with E-state index in [0.29, 0.717) is 31.7 Å². The van der Waals surface area contributed by atoms with Gasteiger partial charge in [-0.25, -0.2) is 0 Å². The van der Waals surface area contributed by atoms with Crippen LogP contribution in [-0.4, -0.2) is 30.2 Å². The Hall–Kier alpha value is -2.19. The number of thioether (sulfide) groups is 1. The van der Waals surface area contributed by atoms with Crippen molar-refractivity contribution >= 4 is 17.7 Å². The van der Waals surface area contributed by atoms with Crippen molar-refractivity contribution in [1.29, 1.82) is 5.26 Å². The average molecular weight is 340 g/mol. The van der Waals surface area contributed by atoms with Crippen molar-refractivity contribution < 1.29 is 9.21 Å². The fourth-order valence-electron chi connectivity index (χ4n) is 3.18. The third-order valence-corrected chi connectivity index (χ3v) is 5.18. The zero-order chi connectivity index (χ0) is 17.0. The maximum atomic E-state index is 12.6. The number of piperidine rings is 1. The summed E-state index contributed by atoms with van der Waals surface area (Å²) < 4.78 is 5.62. The summed E-state index contributed by atoms with van der Waals surface area (Å²) in [6.07, 6.45) is 3.30. The Morgan fingerprint density at radius 1 is 1.25 bits per heavy atom. The fraction of sp³-hybridized carbons (Fsp3) is 0.368. The molecule has 0 aliphatic carbocycles. The SMILES string of the molecule is CSCc1ccc(C(=O)N2CCC(C#N)(c3ccccc3)CC2)o1. The first-order valence-electron chi connectivity index (χ1n) is 8.02. The van der Waals surface area contributed by atoms with E-state index in [1.54, 1.807) is 22.7 Å². The molecule has 2 aromatic rings. The highest BCUT2D eigenvalue weighted by Crippen LogP contribution is 2.35. The molecule has 124 valence electrons. The van der Waals surface area contributed by atoms with Crippen LogP contribution >= 0.6 is 11.8 Å². The van der Waals surface area contributed by atoms with E-state index in [4.69, 9.17) is 4.42 Å². The molecule has 24 heavy (non-hydrogen) atoms. The van der Waals surface area contributed by atoms with Crippen LogP contribution in [0.3, 0.4) is 0 Å². The Labute approximate surface area is 146 Å². The highest BCUT2D eigenvalue weighted by molar-refractivity contribution is 7.97. The van der Waals surface area contributed by atoms with E-state index in [-0.39, 0.29) is 5.91 Å². The number of rotatable bonds is 4. The first-order valence-corrected chi connectivity index (χ1v) is 9.41. The molecule has 1 fully saturated rings. The van der Waals surface area contributed by atoms with Crippen molar-refractivity contribution in [3.05, 3.63) is 59.5 Å². The van der Waals surface area contributed by atoms with Gasteiger partial charge in [-0.2, -0.15) is 17.0 Å². The van der Waals surface area contributed by atoms with Gasteiger partial charge in [-0.3, -0.25) is 4.79 Å². The van der Waals surface area contributed by atoms with Crippen LogP contribution < -0.4 is 0 Å². The summed E-state index contributed by atoms with van der Waals surface area (Å²) in [5, 5.41) is 9.72. The number of carbonyl (C=O) groups excluding carboxylic acids is 1. The van der Waals surface area contributed by atoms with Gasteiger partial charge in [0.1, 0.15) is 5.76 Å². The number of likely N-dealkylation sites (tertiary alicyclic amines) is 1. The summed E-state index contributed by atoms with van der Waals surface area (Å²) in [4.78, 5) is 14.4. The lowest BCUT2D eigenvalue weighted by Crippen LogP contribution is -2.44. The van der Waals surface area contributed by atoms with Gasteiger partial charge >= 0.3 is 0 Å². The topological polar surface area (TPSA) is 57.2 Å². The lowest BCUT2D eigenvalue weighted by molar-refractivity contribution is 0.0658. The Morgan fingerprint density at radius 3 is 2.58 bits per heavy atom. The Kier molecular flexibility index (Phi) is 4.96. The average Bonchev–Trinajstić information content (AvgIpc) is 3.11. The van der Waals surface area contributed by atoms with Gasteiger partial charge in [0.2, 0.25) is 0 Å². The first-order chi connectivity index (χ1) is 11.7. The van der Waals surface area contributed by atoms with E-state index in [2.05, 4.69) is 6.07 Å². The van der Waals surface area contributed by atoms with Crippen LogP contribution in [0.5, 0.6) is 0 Å². The molecule has 0 N–H and O–H groups in total. The summed E-state index contributed by atoms with van der Waals surface area (Å²) in [5.41, 5.74) is 0.547. The van der Waals surface area contributed by atoms with Crippen molar-refractivity contribution in [3.8, 4) is 6.07 Å². The van der Waals surface area contributed by atoms with Crippen molar-refractivity contribution in [2.75, 3.05) is 19.3 Å². The number of benzene rings is 1. The standard InChI is InChI=1S/C19H20N2O2S/c1-24-13-16-7-8-17(23-16)18(22)21-11-9-19(14-20,10-12-21)15-5-3-2-4-6-15/h2-8H,9-13H2,1H3. The van der Waals surface area contributed by atoms with Gasteiger partial charge in [0.05, 0.1) is 17.2 Å². The number of nitrogens with zero attached hydrogens (tertiary/aromatic N) is 2. The molecule has 1 amide bonds. The van der Waals surface area contributed by atoms with Gasteiger partial charge in [-0.15, -0.1) is 0 Å². The van der Waals surface area contributed by atoms with Crippen LogP contribution in [-0.2, 0) is 11.2 Å². The van der Waals surface area contributed by atoms with Crippen LogP contribution in [0.25, 0.3) is 0 Å². The smallest absolute Gasteiger partial charge is 0.289 e. The molecule has 0 bridgehead atoms. The quantitative estimate of drug-likeness (QED) is 0.848. The van der Waals surface area contributed by atoms with Crippen molar-refractivity contribution in [1.82, 2.24) is 4.90 Å². The number of hydrogen-bond donors (Lipinski definition) is 0. The second-order valence-electron chi connectivity index (χ2n) is 6.05. The maximum absolute atomic E-state index is 12.6. The van der Waals surface area contributed by atoms with Crippen LogP contribution in [0.15, 0.2) is 46.9 Å². The first kappa shape index (κ1) is 16.7. The molecule has 4 nitrogen and oxygen atoms in total. The molecule has 1 saturated heterocycles. The second-order valence-corrected chi connectivity index (χ2v) is 6.92. The summed E-state index contributed by atoms with van der Waals surface area (Å²) in [6.45, 7) is 1.14. The van der Waals surface area contributed by atoms with Gasteiger partial charge in [-0.1, -0.05) is 30.3 Å². The van der Waals surface area contributed by atoms with Crippen LogP contribution in [0.1, 0.15) is 34.7 Å². The van der Waals surface area contributed by atoms with E-state index in [1.807, 2.05) is 42.7 Å². The molecule has 0 atom stereocenters. The molecule has 2 heterocycles. The van der Waals surface area contributed by atoms with Gasteiger partial charge in [0.25, 0.3) is 5.91 Å². The van der Waals surface area contributed by atoms with E-state index in [9.17, 15) is 10.1 Å². The largest absolute Gasteiger partial charge is 0.455 e. The van der Waals surface area contributed by atoms with E-state index in [0.717, 1.165) is 17.1 Å². The van der Waals surface area contributed by atoms with Crippen LogP contribution in [0, 0.1) is 11.3 Å². The number of hydrogen-bond acceptors (Lipinski definition) is 4. The summed E-state index contributed by atoms with van der Waals surface area (Å²) in [6, 6.07) is 16.0. The molecule has 1 aromatic carbocycles. The fourth-order valence-corrected chi connectivity index (χ4v) is 3.62. The van der Waals surface area contributed by atoms with E-state index < -0.39 is 5.41 Å². The number of nitriles is 1. The summed E-state index contributed by atoms with van der Waals surface area (Å²) >= 11 is 1.66. The minimum Gasteiger partial charge on any atom is -0.455 e. The minimum atomic E-state index is -0.495. The van der Waals surface area contributed by atoms with Crippen molar-refractivity contribution in [3.63, 3.8) is 0 Å². The van der Waals surface area contributed by atoms with Crippen LogP contribution in [0.2, 0.25) is 0 Å². The molecule has 0 radical (unpaired) electrons. The normalized spacial score (nSPS) is 16.6. The zero-order valence-corrected chi connectivity index (χ0v) is 14.5. The lowest BCUT2D eigenvalue weighted by Gasteiger charge is -2.37. The minimum absolute atomic E-state index is 0.0815. The lowest BCUT2D eigenvalue weighted by atomic mass is 9.74. The molecular formula is C19H20N2O2S. The van der Waals surface area contributed by atoms with Crippen molar-refractivity contribution in [2.24, 2.45) is 0 Å². The third kappa shape index (κ3) is 3.20.